The Morgan fingerprint density at radius 3 is 2.59 bits per heavy atom. The molecule has 2 aromatic rings. The quantitative estimate of drug-likeness (QED) is 0.193. The Bertz CT molecular complexity index is 1190. The first-order valence-electron chi connectivity index (χ1n) is 12.6. The molecule has 3 atom stereocenters. The van der Waals surface area contributed by atoms with Gasteiger partial charge in [0, 0.05) is 11.6 Å². The Balaban J connectivity index is 1.54. The number of ether oxygens (including phenoxy) is 2. The molecule has 7 heteroatoms. The van der Waals surface area contributed by atoms with Crippen molar-refractivity contribution in [2.75, 3.05) is 13.7 Å². The van der Waals surface area contributed by atoms with Crippen LogP contribution in [0.4, 0.5) is 0 Å². The lowest BCUT2D eigenvalue weighted by molar-refractivity contribution is -0.136. The third-order valence-corrected chi connectivity index (χ3v) is 7.10. The fraction of sp³-hybridized carbons (Fsp3) is 0.400. The lowest BCUT2D eigenvalue weighted by atomic mass is 9.71. The highest BCUT2D eigenvalue weighted by Gasteiger charge is 2.31. The number of aromatic hydroxyl groups is 2. The van der Waals surface area contributed by atoms with Crippen molar-refractivity contribution in [3.63, 3.8) is 0 Å². The van der Waals surface area contributed by atoms with Gasteiger partial charge in [-0.3, -0.25) is 0 Å². The highest BCUT2D eigenvalue weighted by Crippen LogP contribution is 2.47. The second-order valence-corrected chi connectivity index (χ2v) is 9.87. The lowest BCUT2D eigenvalue weighted by Crippen LogP contribution is -2.19. The standard InChI is InChI=1S/C30H36O7/c1-18(17-37-28(33)13-10-21-9-12-25(31)27(14-21)36-4)6-5-7-19(2)23-11-8-20(3)29-24(23)15-22(30(34)35)16-26(29)32/h6,9-10,12-16,19-20,23,31-32H,5,7-8,11,17H2,1-4H3,(H,34,35)/b13-10+,18-6-/t19-,20+,23-/m0/s1. The number of esters is 1. The summed E-state index contributed by atoms with van der Waals surface area (Å²) in [4.78, 5) is 23.6. The van der Waals surface area contributed by atoms with Gasteiger partial charge in [-0.2, -0.15) is 0 Å². The summed E-state index contributed by atoms with van der Waals surface area (Å²) in [5.41, 5.74) is 3.61. The normalized spacial score (nSPS) is 18.3. The fourth-order valence-corrected chi connectivity index (χ4v) is 5.00. The van der Waals surface area contributed by atoms with Crippen LogP contribution in [0.25, 0.3) is 6.08 Å². The molecule has 0 aliphatic heterocycles. The van der Waals surface area contributed by atoms with Crippen molar-refractivity contribution in [3.8, 4) is 17.2 Å². The van der Waals surface area contributed by atoms with Crippen LogP contribution in [0.1, 0.15) is 85.3 Å². The van der Waals surface area contributed by atoms with Crippen LogP contribution in [-0.4, -0.2) is 41.0 Å². The molecule has 37 heavy (non-hydrogen) atoms. The first-order valence-corrected chi connectivity index (χ1v) is 12.6. The number of phenols is 2. The molecule has 3 N–H and O–H groups in total. The molecule has 0 amide bonds. The summed E-state index contributed by atoms with van der Waals surface area (Å²) < 4.78 is 10.4. The molecular formula is C30H36O7. The van der Waals surface area contributed by atoms with Crippen LogP contribution < -0.4 is 4.74 Å². The van der Waals surface area contributed by atoms with Gasteiger partial charge in [0.05, 0.1) is 12.7 Å². The van der Waals surface area contributed by atoms with Gasteiger partial charge in [-0.1, -0.05) is 26.0 Å². The Morgan fingerprint density at radius 1 is 1.14 bits per heavy atom. The number of phenolic OH excluding ortho intramolecular Hbond substituents is 2. The molecule has 0 fully saturated rings. The monoisotopic (exact) mass is 508 g/mol. The molecule has 1 aliphatic carbocycles. The van der Waals surface area contributed by atoms with Crippen LogP contribution in [0.3, 0.4) is 0 Å². The van der Waals surface area contributed by atoms with E-state index in [1.807, 2.05) is 6.92 Å². The number of allylic oxidation sites excluding steroid dienone is 1. The predicted octanol–water partition coefficient (Wildman–Crippen LogP) is 6.40. The van der Waals surface area contributed by atoms with E-state index in [2.05, 4.69) is 19.9 Å². The summed E-state index contributed by atoms with van der Waals surface area (Å²) in [6, 6.07) is 7.88. The van der Waals surface area contributed by atoms with Crippen molar-refractivity contribution in [1.82, 2.24) is 0 Å². The maximum atomic E-state index is 12.1. The van der Waals surface area contributed by atoms with Gasteiger partial charge in [-0.05, 0) is 97.4 Å². The van der Waals surface area contributed by atoms with E-state index in [4.69, 9.17) is 9.47 Å². The number of hydrogen-bond acceptors (Lipinski definition) is 6. The fourth-order valence-electron chi connectivity index (χ4n) is 5.00. The van der Waals surface area contributed by atoms with Crippen LogP contribution in [0, 0.1) is 5.92 Å². The maximum Gasteiger partial charge on any atom is 0.335 e. The van der Waals surface area contributed by atoms with Crippen molar-refractivity contribution in [3.05, 3.63) is 70.3 Å². The first kappa shape index (κ1) is 27.8. The van der Waals surface area contributed by atoms with Gasteiger partial charge in [0.25, 0.3) is 0 Å². The van der Waals surface area contributed by atoms with Crippen LogP contribution in [0.5, 0.6) is 17.2 Å². The van der Waals surface area contributed by atoms with Gasteiger partial charge in [0.1, 0.15) is 12.4 Å². The van der Waals surface area contributed by atoms with Crippen molar-refractivity contribution in [1.29, 1.82) is 0 Å². The summed E-state index contributed by atoms with van der Waals surface area (Å²) in [6.45, 7) is 6.35. The molecule has 1 aliphatic rings. The van der Waals surface area contributed by atoms with Gasteiger partial charge in [0.15, 0.2) is 11.5 Å². The molecule has 0 unspecified atom stereocenters. The van der Waals surface area contributed by atoms with Crippen molar-refractivity contribution in [2.24, 2.45) is 5.92 Å². The SMILES string of the molecule is COc1cc(/C=C/C(=O)OC/C(C)=C\CC[C@H](C)[C@@H]2CC[C@@H](C)c3c(O)cc(C(=O)O)cc32)ccc1O. The minimum absolute atomic E-state index is 0.0303. The third-order valence-electron chi connectivity index (χ3n) is 7.10. The number of benzene rings is 2. The number of hydrogen-bond donors (Lipinski definition) is 3. The zero-order valence-electron chi connectivity index (χ0n) is 21.9. The second-order valence-electron chi connectivity index (χ2n) is 9.87. The molecule has 0 saturated heterocycles. The Hall–Kier alpha value is -3.74. The van der Waals surface area contributed by atoms with E-state index < -0.39 is 11.9 Å². The summed E-state index contributed by atoms with van der Waals surface area (Å²) in [6.07, 6.45) is 8.61. The van der Waals surface area contributed by atoms with Gasteiger partial charge in [0.2, 0.25) is 0 Å². The van der Waals surface area contributed by atoms with Crippen molar-refractivity contribution < 1.29 is 34.4 Å². The third kappa shape index (κ3) is 7.15. The van der Waals surface area contributed by atoms with E-state index >= 15 is 0 Å². The molecule has 7 nitrogen and oxygen atoms in total. The predicted molar refractivity (Wildman–Crippen MR) is 142 cm³/mol. The summed E-state index contributed by atoms with van der Waals surface area (Å²) in [5, 5.41) is 29.6. The summed E-state index contributed by atoms with van der Waals surface area (Å²) in [5.74, 6) is -0.378. The minimum atomic E-state index is -1.03. The molecule has 0 radical (unpaired) electrons. The van der Waals surface area contributed by atoms with E-state index in [-0.39, 0.29) is 35.5 Å². The Kier molecular flexibility index (Phi) is 9.39. The largest absolute Gasteiger partial charge is 0.508 e. The maximum absolute atomic E-state index is 12.1. The van der Waals surface area contributed by atoms with E-state index in [9.17, 15) is 24.9 Å². The number of rotatable bonds is 10. The molecule has 0 bridgehead atoms. The Morgan fingerprint density at radius 2 is 1.89 bits per heavy atom. The highest BCUT2D eigenvalue weighted by atomic mass is 16.5. The van der Waals surface area contributed by atoms with Gasteiger partial charge < -0.3 is 24.8 Å². The molecule has 198 valence electrons. The van der Waals surface area contributed by atoms with Gasteiger partial charge in [-0.15, -0.1) is 0 Å². The van der Waals surface area contributed by atoms with E-state index in [1.165, 1.54) is 25.3 Å². The molecule has 0 saturated carbocycles. The van der Waals surface area contributed by atoms with E-state index in [0.29, 0.717) is 17.2 Å². The number of aromatic carboxylic acids is 1. The topological polar surface area (TPSA) is 113 Å². The zero-order valence-corrected chi connectivity index (χ0v) is 21.9. The zero-order chi connectivity index (χ0) is 27.1. The van der Waals surface area contributed by atoms with Crippen LogP contribution in [-0.2, 0) is 9.53 Å². The van der Waals surface area contributed by atoms with E-state index in [0.717, 1.165) is 42.4 Å². The van der Waals surface area contributed by atoms with Crippen LogP contribution in [0.2, 0.25) is 0 Å². The number of fused-ring (bicyclic) bond motifs is 1. The average Bonchev–Trinajstić information content (AvgIpc) is 2.86. The van der Waals surface area contributed by atoms with Gasteiger partial charge in [-0.25, -0.2) is 9.59 Å². The van der Waals surface area contributed by atoms with Gasteiger partial charge >= 0.3 is 11.9 Å². The van der Waals surface area contributed by atoms with Crippen LogP contribution in [0.15, 0.2) is 48.1 Å². The number of carbonyl (C=O) groups is 2. The van der Waals surface area contributed by atoms with Crippen molar-refractivity contribution in [2.45, 2.75) is 58.3 Å². The molecule has 2 aromatic carbocycles. The summed E-state index contributed by atoms with van der Waals surface area (Å²) in [7, 11) is 1.46. The molecule has 3 rings (SSSR count). The number of carbonyl (C=O) groups excluding carboxylic acids is 1. The lowest BCUT2D eigenvalue weighted by Gasteiger charge is -2.34. The smallest absolute Gasteiger partial charge is 0.335 e. The molecule has 0 spiro atoms. The molecular weight excluding hydrogens is 472 g/mol. The number of carboxylic acids is 1. The number of carboxylic acid groups (broad SMARTS) is 1. The van der Waals surface area contributed by atoms with Crippen molar-refractivity contribution >= 4 is 18.0 Å². The van der Waals surface area contributed by atoms with E-state index in [1.54, 1.807) is 24.3 Å². The minimum Gasteiger partial charge on any atom is -0.508 e. The Labute approximate surface area is 218 Å². The van der Waals surface area contributed by atoms with Crippen LogP contribution >= 0.6 is 0 Å². The number of methoxy groups -OCH3 is 1. The second kappa shape index (κ2) is 12.5. The molecule has 0 aromatic heterocycles. The first-order chi connectivity index (χ1) is 17.6. The molecule has 0 heterocycles. The average molecular weight is 509 g/mol. The highest BCUT2D eigenvalue weighted by molar-refractivity contribution is 5.89. The summed E-state index contributed by atoms with van der Waals surface area (Å²) >= 11 is 0.